The number of likely N-dealkylation sites (tertiary alicyclic amines) is 1. The molecule has 1 saturated heterocycles. The van der Waals surface area contributed by atoms with Gasteiger partial charge in [0.05, 0.1) is 12.6 Å². The van der Waals surface area contributed by atoms with Gasteiger partial charge in [-0.2, -0.15) is 0 Å². The van der Waals surface area contributed by atoms with Gasteiger partial charge in [-0.15, -0.1) is 0 Å². The largest absolute Gasteiger partial charge is 0.465 e. The number of nitrogens with zero attached hydrogens (tertiary/aromatic N) is 1. The number of carbonyl (C=O) groups excluding carboxylic acids is 3. The highest BCUT2D eigenvalue weighted by Crippen LogP contribution is 2.16. The van der Waals surface area contributed by atoms with Gasteiger partial charge in [0, 0.05) is 6.04 Å². The molecule has 3 N–H and O–H groups in total. The minimum absolute atomic E-state index is 0.123. The summed E-state index contributed by atoms with van der Waals surface area (Å²) in [5.74, 6) is -0.715. The summed E-state index contributed by atoms with van der Waals surface area (Å²) in [5.41, 5.74) is -0.698. The number of nitrogens with one attached hydrogen (secondary N) is 2. The first kappa shape index (κ1) is 23.7. The van der Waals surface area contributed by atoms with Crippen LogP contribution in [0, 0.1) is 5.92 Å². The number of amides is 3. The van der Waals surface area contributed by atoms with Crippen LogP contribution in [0.5, 0.6) is 0 Å². The monoisotopic (exact) mass is 399 g/mol. The van der Waals surface area contributed by atoms with Crippen molar-refractivity contribution in [3.8, 4) is 0 Å². The van der Waals surface area contributed by atoms with Gasteiger partial charge >= 0.3 is 12.2 Å². The van der Waals surface area contributed by atoms with Crippen LogP contribution in [0.4, 0.5) is 9.59 Å². The lowest BCUT2D eigenvalue weighted by Crippen LogP contribution is -2.53. The van der Waals surface area contributed by atoms with E-state index in [9.17, 15) is 24.3 Å². The molecule has 1 aliphatic heterocycles. The molecule has 1 aliphatic rings. The molecule has 0 aliphatic carbocycles. The first-order valence-electron chi connectivity index (χ1n) is 9.62. The predicted octanol–water partition coefficient (Wildman–Crippen LogP) is 2.14. The summed E-state index contributed by atoms with van der Waals surface area (Å²) in [5, 5.41) is 14.5. The van der Waals surface area contributed by atoms with Crippen molar-refractivity contribution in [1.29, 1.82) is 0 Å². The molecule has 0 unspecified atom stereocenters. The van der Waals surface area contributed by atoms with Crippen LogP contribution in [0.3, 0.4) is 0 Å². The molecule has 9 heteroatoms. The SMILES string of the molecule is CC(C)C[C@H](NC(=O)OC(C)(C)C)C(=O)N[C@H]1CC[C@@H](C)N(C(=O)O)CC1=O. The van der Waals surface area contributed by atoms with Crippen LogP contribution < -0.4 is 10.6 Å². The predicted molar refractivity (Wildman–Crippen MR) is 103 cm³/mol. The average molecular weight is 399 g/mol. The maximum absolute atomic E-state index is 12.7. The molecule has 0 aromatic rings. The topological polar surface area (TPSA) is 125 Å². The molecule has 0 aromatic heterocycles. The van der Waals surface area contributed by atoms with Gasteiger partial charge in [0.1, 0.15) is 11.6 Å². The maximum atomic E-state index is 12.7. The zero-order valence-corrected chi connectivity index (χ0v) is 17.6. The van der Waals surface area contributed by atoms with Crippen molar-refractivity contribution in [3.05, 3.63) is 0 Å². The molecule has 3 amide bonds. The Morgan fingerprint density at radius 3 is 2.36 bits per heavy atom. The van der Waals surface area contributed by atoms with Crippen molar-refractivity contribution in [2.75, 3.05) is 6.54 Å². The quantitative estimate of drug-likeness (QED) is 0.650. The molecule has 0 aromatic carbocycles. The summed E-state index contributed by atoms with van der Waals surface area (Å²) in [6.45, 7) is 10.5. The number of carbonyl (C=O) groups is 4. The van der Waals surface area contributed by atoms with E-state index in [1.165, 1.54) is 0 Å². The van der Waals surface area contributed by atoms with Crippen molar-refractivity contribution in [2.24, 2.45) is 5.92 Å². The number of alkyl carbamates (subject to hydrolysis) is 1. The van der Waals surface area contributed by atoms with Crippen LogP contribution >= 0.6 is 0 Å². The number of rotatable bonds is 5. The fourth-order valence-electron chi connectivity index (χ4n) is 2.99. The molecule has 1 fully saturated rings. The lowest BCUT2D eigenvalue weighted by atomic mass is 10.0. The minimum Gasteiger partial charge on any atom is -0.465 e. The number of carboxylic acid groups (broad SMARTS) is 1. The van der Waals surface area contributed by atoms with E-state index in [0.29, 0.717) is 19.3 Å². The summed E-state index contributed by atoms with van der Waals surface area (Å²) < 4.78 is 5.22. The Balaban J connectivity index is 2.82. The van der Waals surface area contributed by atoms with Gasteiger partial charge < -0.3 is 20.5 Å². The standard InChI is InChI=1S/C19H33N3O6/c1-11(2)9-14(21-17(25)28-19(4,5)6)16(24)20-13-8-7-12(3)22(18(26)27)10-15(13)23/h11-14H,7-10H2,1-6H3,(H,20,24)(H,21,25)(H,26,27)/t12-,13+,14+/m1/s1. The van der Waals surface area contributed by atoms with Gasteiger partial charge in [-0.3, -0.25) is 14.5 Å². The van der Waals surface area contributed by atoms with Gasteiger partial charge in [0.25, 0.3) is 0 Å². The van der Waals surface area contributed by atoms with E-state index in [4.69, 9.17) is 4.74 Å². The van der Waals surface area contributed by atoms with E-state index in [-0.39, 0.29) is 24.3 Å². The molecule has 1 rings (SSSR count). The third kappa shape index (κ3) is 7.74. The Kier molecular flexibility index (Phi) is 8.26. The second-order valence-corrected chi connectivity index (χ2v) is 8.69. The molecular weight excluding hydrogens is 366 g/mol. The van der Waals surface area contributed by atoms with Crippen LogP contribution in [-0.4, -0.2) is 64.2 Å². The van der Waals surface area contributed by atoms with Crippen LogP contribution in [-0.2, 0) is 14.3 Å². The van der Waals surface area contributed by atoms with Crippen LogP contribution in [0.1, 0.15) is 60.8 Å². The summed E-state index contributed by atoms with van der Waals surface area (Å²) in [7, 11) is 0. The fourth-order valence-corrected chi connectivity index (χ4v) is 2.99. The van der Waals surface area contributed by atoms with E-state index >= 15 is 0 Å². The highest BCUT2D eigenvalue weighted by molar-refractivity contribution is 5.94. The summed E-state index contributed by atoms with van der Waals surface area (Å²) >= 11 is 0. The third-order valence-corrected chi connectivity index (χ3v) is 4.40. The Morgan fingerprint density at radius 1 is 1.25 bits per heavy atom. The maximum Gasteiger partial charge on any atom is 0.408 e. The smallest absolute Gasteiger partial charge is 0.408 e. The van der Waals surface area contributed by atoms with Crippen molar-refractivity contribution >= 4 is 23.9 Å². The number of hydrogen-bond donors (Lipinski definition) is 3. The first-order valence-corrected chi connectivity index (χ1v) is 9.62. The van der Waals surface area contributed by atoms with Crippen molar-refractivity contribution in [3.63, 3.8) is 0 Å². The van der Waals surface area contributed by atoms with Gasteiger partial charge in [-0.1, -0.05) is 13.8 Å². The van der Waals surface area contributed by atoms with Crippen molar-refractivity contribution < 1.29 is 29.0 Å². The molecular formula is C19H33N3O6. The van der Waals surface area contributed by atoms with Crippen molar-refractivity contribution in [1.82, 2.24) is 15.5 Å². The molecule has 0 saturated carbocycles. The Hall–Kier alpha value is -2.32. The van der Waals surface area contributed by atoms with Crippen molar-refractivity contribution in [2.45, 2.75) is 84.5 Å². The van der Waals surface area contributed by atoms with E-state index in [2.05, 4.69) is 10.6 Å². The summed E-state index contributed by atoms with van der Waals surface area (Å²) in [6.07, 6.45) is -0.680. The number of hydrogen-bond acceptors (Lipinski definition) is 5. The van der Waals surface area contributed by atoms with E-state index in [1.54, 1.807) is 27.7 Å². The van der Waals surface area contributed by atoms with Gasteiger partial charge in [0.2, 0.25) is 5.91 Å². The highest BCUT2D eigenvalue weighted by atomic mass is 16.6. The first-order chi connectivity index (χ1) is 12.8. The Bertz CT molecular complexity index is 599. The Labute approximate surface area is 166 Å². The highest BCUT2D eigenvalue weighted by Gasteiger charge is 2.34. The average Bonchev–Trinajstić information content (AvgIpc) is 2.65. The molecule has 1 heterocycles. The second kappa shape index (κ2) is 9.75. The molecule has 0 spiro atoms. The number of ketones is 1. The van der Waals surface area contributed by atoms with Crippen LogP contribution in [0.2, 0.25) is 0 Å². The third-order valence-electron chi connectivity index (χ3n) is 4.40. The van der Waals surface area contributed by atoms with Gasteiger partial charge in [-0.05, 0) is 52.9 Å². The minimum atomic E-state index is -1.16. The lowest BCUT2D eigenvalue weighted by molar-refractivity contribution is -0.129. The number of ether oxygens (including phenoxy) is 1. The van der Waals surface area contributed by atoms with E-state index in [0.717, 1.165) is 4.90 Å². The number of Topliss-reactive ketones (excluding diaryl/α,β-unsaturated/α-hetero) is 1. The van der Waals surface area contributed by atoms with Crippen LogP contribution in [0.25, 0.3) is 0 Å². The normalized spacial score (nSPS) is 21.7. The van der Waals surface area contributed by atoms with E-state index < -0.39 is 35.8 Å². The molecule has 0 radical (unpaired) electrons. The lowest BCUT2D eigenvalue weighted by Gasteiger charge is -2.25. The van der Waals surface area contributed by atoms with Gasteiger partial charge in [-0.25, -0.2) is 9.59 Å². The molecule has 160 valence electrons. The summed E-state index contributed by atoms with van der Waals surface area (Å²) in [4.78, 5) is 49.6. The molecule has 0 bridgehead atoms. The molecule has 9 nitrogen and oxygen atoms in total. The molecule has 28 heavy (non-hydrogen) atoms. The zero-order chi connectivity index (χ0) is 21.6. The van der Waals surface area contributed by atoms with Gasteiger partial charge in [0.15, 0.2) is 5.78 Å². The second-order valence-electron chi connectivity index (χ2n) is 8.69. The van der Waals surface area contributed by atoms with E-state index in [1.807, 2.05) is 13.8 Å². The Morgan fingerprint density at radius 2 is 1.86 bits per heavy atom. The van der Waals surface area contributed by atoms with Crippen LogP contribution in [0.15, 0.2) is 0 Å². The fraction of sp³-hybridized carbons (Fsp3) is 0.789. The summed E-state index contributed by atoms with van der Waals surface area (Å²) in [6, 6.07) is -1.94. The zero-order valence-electron chi connectivity index (χ0n) is 17.6. The molecule has 3 atom stereocenters.